The average Bonchev–Trinajstić information content (AvgIpc) is 2.78. The van der Waals surface area contributed by atoms with Crippen molar-refractivity contribution in [2.45, 2.75) is 18.1 Å². The molecule has 2 aromatic heterocycles. The second-order valence-corrected chi connectivity index (χ2v) is 5.13. The molecule has 0 radical (unpaired) electrons. The van der Waals surface area contributed by atoms with Crippen LogP contribution in [0.2, 0.25) is 0 Å². The Kier molecular flexibility index (Phi) is 4.81. The highest BCUT2D eigenvalue weighted by molar-refractivity contribution is 7.99. The van der Waals surface area contributed by atoms with Crippen LogP contribution in [0.3, 0.4) is 0 Å². The number of nitrogens with two attached hydrogens (primary N) is 1. The van der Waals surface area contributed by atoms with Gasteiger partial charge < -0.3 is 20.1 Å². The van der Waals surface area contributed by atoms with E-state index in [-0.39, 0.29) is 37.0 Å². The molecule has 0 aliphatic heterocycles. The lowest BCUT2D eigenvalue weighted by Crippen LogP contribution is -2.12. The van der Waals surface area contributed by atoms with E-state index in [0.717, 1.165) is 0 Å². The highest BCUT2D eigenvalue weighted by Gasteiger charge is 2.16. The predicted octanol–water partition coefficient (Wildman–Crippen LogP) is -0.651. The Balaban J connectivity index is 2.33. The van der Waals surface area contributed by atoms with Crippen LogP contribution < -0.4 is 11.3 Å². The van der Waals surface area contributed by atoms with E-state index >= 15 is 0 Å². The maximum Gasteiger partial charge on any atom is 0.306 e. The number of rotatable bonds is 6. The molecule has 9 nitrogen and oxygen atoms in total. The lowest BCUT2D eigenvalue weighted by molar-refractivity contribution is -0.140. The second kappa shape index (κ2) is 6.59. The van der Waals surface area contributed by atoms with Gasteiger partial charge in [0.25, 0.3) is 5.56 Å². The van der Waals surface area contributed by atoms with Crippen LogP contribution in [0.4, 0.5) is 5.95 Å². The van der Waals surface area contributed by atoms with Gasteiger partial charge in [0, 0.05) is 12.3 Å². The SMILES string of the molecule is COC(=O)CCSc1nc2c(=O)[nH]c(N)nc2n1CCO. The number of H-pyrrole nitrogens is 1. The number of hydrogen-bond acceptors (Lipinski definition) is 8. The van der Waals surface area contributed by atoms with E-state index in [1.54, 1.807) is 4.57 Å². The Hall–Kier alpha value is -2.07. The maximum absolute atomic E-state index is 11.8. The van der Waals surface area contributed by atoms with Gasteiger partial charge in [-0.2, -0.15) is 4.98 Å². The number of anilines is 1. The molecular formula is C11H15N5O4S. The van der Waals surface area contributed by atoms with E-state index < -0.39 is 5.56 Å². The van der Waals surface area contributed by atoms with Crippen LogP contribution in [0.15, 0.2) is 9.95 Å². The molecule has 0 fully saturated rings. The van der Waals surface area contributed by atoms with Crippen LogP contribution in [0.25, 0.3) is 11.2 Å². The van der Waals surface area contributed by atoms with Crippen LogP contribution in [-0.2, 0) is 16.1 Å². The van der Waals surface area contributed by atoms with E-state index in [2.05, 4.69) is 19.7 Å². The molecule has 10 heteroatoms. The monoisotopic (exact) mass is 313 g/mol. The number of ether oxygens (including phenoxy) is 1. The molecule has 0 spiro atoms. The largest absolute Gasteiger partial charge is 0.469 e. The molecule has 2 rings (SSSR count). The lowest BCUT2D eigenvalue weighted by Gasteiger charge is -2.05. The molecule has 0 aliphatic rings. The number of hydrogen-bond donors (Lipinski definition) is 3. The van der Waals surface area contributed by atoms with Crippen LogP contribution in [-0.4, -0.2) is 50.1 Å². The zero-order valence-corrected chi connectivity index (χ0v) is 12.1. The Bertz CT molecular complexity index is 710. The first-order valence-electron chi connectivity index (χ1n) is 6.13. The number of carbonyl (C=O) groups excluding carboxylic acids is 1. The fourth-order valence-corrected chi connectivity index (χ4v) is 2.69. The number of nitrogens with one attached hydrogen (secondary N) is 1. The first kappa shape index (κ1) is 15.3. The third-order valence-electron chi connectivity index (χ3n) is 2.68. The molecule has 0 atom stereocenters. The van der Waals surface area contributed by atoms with Crippen molar-refractivity contribution < 1.29 is 14.6 Å². The van der Waals surface area contributed by atoms with Crippen LogP contribution in [0.5, 0.6) is 0 Å². The summed E-state index contributed by atoms with van der Waals surface area (Å²) >= 11 is 1.28. The number of aliphatic hydroxyl groups is 1. The van der Waals surface area contributed by atoms with E-state index in [9.17, 15) is 9.59 Å². The minimum atomic E-state index is -0.441. The first-order chi connectivity index (χ1) is 10.1. The summed E-state index contributed by atoms with van der Waals surface area (Å²) in [7, 11) is 1.32. The van der Waals surface area contributed by atoms with Gasteiger partial charge in [0.05, 0.1) is 20.1 Å². The molecule has 2 heterocycles. The van der Waals surface area contributed by atoms with E-state index in [1.807, 2.05) is 0 Å². The van der Waals surface area contributed by atoms with Crippen molar-refractivity contribution >= 4 is 34.8 Å². The number of thioether (sulfide) groups is 1. The number of imidazole rings is 1. The van der Waals surface area contributed by atoms with Crippen LogP contribution >= 0.6 is 11.8 Å². The summed E-state index contributed by atoms with van der Waals surface area (Å²) < 4.78 is 6.16. The van der Waals surface area contributed by atoms with Gasteiger partial charge in [-0.15, -0.1) is 0 Å². The molecule has 21 heavy (non-hydrogen) atoms. The number of aromatic nitrogens is 4. The minimum Gasteiger partial charge on any atom is -0.469 e. The average molecular weight is 313 g/mol. The van der Waals surface area contributed by atoms with Gasteiger partial charge in [-0.1, -0.05) is 11.8 Å². The van der Waals surface area contributed by atoms with Gasteiger partial charge in [-0.05, 0) is 0 Å². The molecule has 0 saturated carbocycles. The van der Waals surface area contributed by atoms with Gasteiger partial charge in [0.2, 0.25) is 5.95 Å². The Morgan fingerprint density at radius 1 is 1.52 bits per heavy atom. The number of carbonyl (C=O) groups is 1. The van der Waals surface area contributed by atoms with Gasteiger partial charge in [-0.3, -0.25) is 14.6 Å². The summed E-state index contributed by atoms with van der Waals surface area (Å²) in [6.07, 6.45) is 0.218. The van der Waals surface area contributed by atoms with Crippen molar-refractivity contribution in [3.8, 4) is 0 Å². The Morgan fingerprint density at radius 2 is 2.29 bits per heavy atom. The van der Waals surface area contributed by atoms with Gasteiger partial charge in [-0.25, -0.2) is 4.98 Å². The molecule has 2 aromatic rings. The summed E-state index contributed by atoms with van der Waals surface area (Å²) in [5.41, 5.74) is 5.54. The van der Waals surface area contributed by atoms with Gasteiger partial charge in [0.1, 0.15) is 0 Å². The Morgan fingerprint density at radius 3 is 2.95 bits per heavy atom. The Labute approximate surface area is 123 Å². The first-order valence-corrected chi connectivity index (χ1v) is 7.12. The smallest absolute Gasteiger partial charge is 0.306 e. The minimum absolute atomic E-state index is 0.0160. The molecule has 0 amide bonds. The quantitative estimate of drug-likeness (QED) is 0.473. The maximum atomic E-state index is 11.8. The third-order valence-corrected chi connectivity index (χ3v) is 3.66. The predicted molar refractivity (Wildman–Crippen MR) is 77.0 cm³/mol. The molecule has 114 valence electrons. The fraction of sp³-hybridized carbons (Fsp3) is 0.455. The summed E-state index contributed by atoms with van der Waals surface area (Å²) in [5, 5.41) is 9.63. The lowest BCUT2D eigenvalue weighted by atomic mass is 10.5. The third kappa shape index (κ3) is 3.34. The molecule has 0 bridgehead atoms. The van der Waals surface area contributed by atoms with Gasteiger partial charge >= 0.3 is 5.97 Å². The summed E-state index contributed by atoms with van der Waals surface area (Å²) in [4.78, 5) is 33.5. The number of aliphatic hydroxyl groups excluding tert-OH is 1. The van der Waals surface area contributed by atoms with Gasteiger partial charge in [0.15, 0.2) is 16.3 Å². The second-order valence-electron chi connectivity index (χ2n) is 4.07. The molecule has 0 aromatic carbocycles. The zero-order valence-electron chi connectivity index (χ0n) is 11.3. The zero-order chi connectivity index (χ0) is 15.4. The highest BCUT2D eigenvalue weighted by atomic mass is 32.2. The van der Waals surface area contributed by atoms with E-state index in [1.165, 1.54) is 18.9 Å². The number of esters is 1. The van der Waals surface area contributed by atoms with E-state index in [0.29, 0.717) is 16.6 Å². The number of nitrogen functional groups attached to an aromatic ring is 1. The standard InChI is InChI=1S/C11H15N5O4S/c1-20-6(18)2-5-21-11-13-7-8(16(11)3-4-17)14-10(12)15-9(7)19/h17H,2-5H2,1H3,(H3,12,14,15,19). The van der Waals surface area contributed by atoms with Crippen molar-refractivity contribution in [3.05, 3.63) is 10.4 Å². The highest BCUT2D eigenvalue weighted by Crippen LogP contribution is 2.22. The summed E-state index contributed by atoms with van der Waals surface area (Å²) in [6.45, 7) is 0.0946. The molecule has 0 saturated heterocycles. The number of methoxy groups -OCH3 is 1. The van der Waals surface area contributed by atoms with Crippen molar-refractivity contribution in [2.75, 3.05) is 25.2 Å². The topological polar surface area (TPSA) is 136 Å². The summed E-state index contributed by atoms with van der Waals surface area (Å²) in [6, 6.07) is 0. The van der Waals surface area contributed by atoms with E-state index in [4.69, 9.17) is 10.8 Å². The normalized spacial score (nSPS) is 11.0. The van der Waals surface area contributed by atoms with Crippen molar-refractivity contribution in [1.29, 1.82) is 0 Å². The molecule has 4 N–H and O–H groups in total. The van der Waals surface area contributed by atoms with Crippen molar-refractivity contribution in [1.82, 2.24) is 19.5 Å². The molecular weight excluding hydrogens is 298 g/mol. The van der Waals surface area contributed by atoms with Crippen molar-refractivity contribution in [3.63, 3.8) is 0 Å². The van der Waals surface area contributed by atoms with Crippen LogP contribution in [0, 0.1) is 0 Å². The van der Waals surface area contributed by atoms with Crippen LogP contribution in [0.1, 0.15) is 6.42 Å². The fourth-order valence-electron chi connectivity index (χ4n) is 1.75. The van der Waals surface area contributed by atoms with Crippen molar-refractivity contribution in [2.24, 2.45) is 0 Å². The molecule has 0 unspecified atom stereocenters. The number of aromatic amines is 1. The number of fused-ring (bicyclic) bond motifs is 1. The summed E-state index contributed by atoms with van der Waals surface area (Å²) in [5.74, 6) is 0.0969. The number of nitrogens with zero attached hydrogens (tertiary/aromatic N) is 3. The molecule has 0 aliphatic carbocycles.